The van der Waals surface area contributed by atoms with Gasteiger partial charge in [0.25, 0.3) is 5.56 Å². The highest BCUT2D eigenvalue weighted by Gasteiger charge is 2.17. The van der Waals surface area contributed by atoms with E-state index in [1.54, 1.807) is 17.5 Å². The molecule has 0 unspecified atom stereocenters. The third-order valence-electron chi connectivity index (χ3n) is 3.33. The molecule has 0 aliphatic heterocycles. The number of hydrogen-bond donors (Lipinski definition) is 0. The fourth-order valence-corrected chi connectivity index (χ4v) is 3.59. The van der Waals surface area contributed by atoms with Crippen LogP contribution in [0.5, 0.6) is 0 Å². The van der Waals surface area contributed by atoms with Crippen molar-refractivity contribution >= 4 is 32.6 Å². The fourth-order valence-electron chi connectivity index (χ4n) is 2.38. The van der Waals surface area contributed by atoms with Crippen LogP contribution in [-0.4, -0.2) is 19.3 Å². The molecule has 6 heteroatoms. The maximum absolute atomic E-state index is 12.3. The van der Waals surface area contributed by atoms with Gasteiger partial charge in [0.2, 0.25) is 0 Å². The third kappa shape index (κ3) is 1.70. The van der Waals surface area contributed by atoms with Gasteiger partial charge in [-0.25, -0.2) is 9.67 Å². The summed E-state index contributed by atoms with van der Waals surface area (Å²) in [5, 5.41) is 6.27. The van der Waals surface area contributed by atoms with Gasteiger partial charge in [-0.3, -0.25) is 4.79 Å². The van der Waals surface area contributed by atoms with Gasteiger partial charge in [0.15, 0.2) is 5.65 Å². The van der Waals surface area contributed by atoms with Gasteiger partial charge in [-0.05, 0) is 19.8 Å². The SMILES string of the molecule is CCCc1nc2c(s1)c1cnn(CC)c(=O)c1n2C. The molecule has 0 fully saturated rings. The zero-order valence-corrected chi connectivity index (χ0v) is 12.1. The van der Waals surface area contributed by atoms with Gasteiger partial charge in [-0.1, -0.05) is 6.92 Å². The number of fused-ring (bicyclic) bond motifs is 3. The molecule has 0 spiro atoms. The largest absolute Gasteiger partial charge is 0.323 e. The molecule has 3 rings (SSSR count). The van der Waals surface area contributed by atoms with Gasteiger partial charge in [0, 0.05) is 19.0 Å². The van der Waals surface area contributed by atoms with Gasteiger partial charge in [-0.2, -0.15) is 5.10 Å². The van der Waals surface area contributed by atoms with Crippen molar-refractivity contribution in [3.8, 4) is 0 Å². The molecular formula is C13H16N4OS. The molecule has 0 saturated carbocycles. The fraction of sp³-hybridized carbons (Fsp3) is 0.462. The van der Waals surface area contributed by atoms with Crippen LogP contribution in [0.2, 0.25) is 0 Å². The van der Waals surface area contributed by atoms with Crippen molar-refractivity contribution in [3.05, 3.63) is 21.6 Å². The Morgan fingerprint density at radius 3 is 2.84 bits per heavy atom. The van der Waals surface area contributed by atoms with E-state index in [4.69, 9.17) is 0 Å². The van der Waals surface area contributed by atoms with Crippen molar-refractivity contribution in [2.45, 2.75) is 33.2 Å². The Labute approximate surface area is 114 Å². The minimum Gasteiger partial charge on any atom is -0.323 e. The Morgan fingerprint density at radius 2 is 2.16 bits per heavy atom. The summed E-state index contributed by atoms with van der Waals surface area (Å²) in [5.74, 6) is 0. The topological polar surface area (TPSA) is 52.7 Å². The number of aromatic nitrogens is 4. The first-order valence-electron chi connectivity index (χ1n) is 6.51. The van der Waals surface area contributed by atoms with Crippen molar-refractivity contribution < 1.29 is 0 Å². The summed E-state index contributed by atoms with van der Waals surface area (Å²) in [6.45, 7) is 4.65. The number of nitrogens with zero attached hydrogens (tertiary/aromatic N) is 4. The molecule has 0 radical (unpaired) electrons. The zero-order chi connectivity index (χ0) is 13.6. The molecule has 19 heavy (non-hydrogen) atoms. The summed E-state index contributed by atoms with van der Waals surface area (Å²) in [4.78, 5) is 17.0. The maximum atomic E-state index is 12.3. The summed E-state index contributed by atoms with van der Waals surface area (Å²) in [6, 6.07) is 0. The molecule has 3 heterocycles. The normalized spacial score (nSPS) is 11.7. The van der Waals surface area contributed by atoms with Crippen molar-refractivity contribution in [2.24, 2.45) is 7.05 Å². The molecule has 0 aliphatic rings. The van der Waals surface area contributed by atoms with Gasteiger partial charge in [0.1, 0.15) is 5.52 Å². The Bertz CT molecular complexity index is 811. The van der Waals surface area contributed by atoms with Crippen molar-refractivity contribution in [2.75, 3.05) is 0 Å². The molecule has 5 nitrogen and oxygen atoms in total. The predicted octanol–water partition coefficient (Wildman–Crippen LogP) is 2.32. The Balaban J connectivity index is 2.38. The molecule has 0 bridgehead atoms. The van der Waals surface area contributed by atoms with Crippen LogP contribution in [0.25, 0.3) is 21.3 Å². The quantitative estimate of drug-likeness (QED) is 0.737. The molecule has 0 saturated heterocycles. The summed E-state index contributed by atoms with van der Waals surface area (Å²) >= 11 is 1.67. The minimum absolute atomic E-state index is 0.0373. The second kappa shape index (κ2) is 4.45. The van der Waals surface area contributed by atoms with Gasteiger partial charge < -0.3 is 4.57 Å². The average molecular weight is 276 g/mol. The molecule has 0 amide bonds. The highest BCUT2D eigenvalue weighted by Crippen LogP contribution is 2.31. The van der Waals surface area contributed by atoms with E-state index in [0.29, 0.717) is 12.1 Å². The van der Waals surface area contributed by atoms with Crippen molar-refractivity contribution in [1.29, 1.82) is 0 Å². The molecule has 100 valence electrons. The van der Waals surface area contributed by atoms with E-state index in [2.05, 4.69) is 17.0 Å². The van der Waals surface area contributed by atoms with E-state index in [9.17, 15) is 4.79 Å². The van der Waals surface area contributed by atoms with Crippen LogP contribution in [0.15, 0.2) is 11.0 Å². The van der Waals surface area contributed by atoms with Crippen LogP contribution >= 0.6 is 11.3 Å². The van der Waals surface area contributed by atoms with Crippen molar-refractivity contribution in [1.82, 2.24) is 19.3 Å². The number of thiazole rings is 1. The van der Waals surface area contributed by atoms with Crippen LogP contribution < -0.4 is 5.56 Å². The molecule has 3 aromatic heterocycles. The second-order valence-electron chi connectivity index (χ2n) is 4.60. The van der Waals surface area contributed by atoms with E-state index < -0.39 is 0 Å². The summed E-state index contributed by atoms with van der Waals surface area (Å²) in [6.07, 6.45) is 3.86. The smallest absolute Gasteiger partial charge is 0.291 e. The Hall–Kier alpha value is -1.69. The number of hydrogen-bond acceptors (Lipinski definition) is 4. The zero-order valence-electron chi connectivity index (χ0n) is 11.3. The van der Waals surface area contributed by atoms with Crippen LogP contribution in [0.3, 0.4) is 0 Å². The lowest BCUT2D eigenvalue weighted by molar-refractivity contribution is 0.620. The lowest BCUT2D eigenvalue weighted by Crippen LogP contribution is -2.23. The minimum atomic E-state index is -0.0373. The molecule has 0 aromatic carbocycles. The summed E-state index contributed by atoms with van der Waals surface area (Å²) in [5.41, 5.74) is 1.56. The van der Waals surface area contributed by atoms with Gasteiger partial charge in [-0.15, -0.1) is 11.3 Å². The standard InChI is InChI=1S/C13H16N4OS/c1-4-6-9-15-12-11(19-9)8-7-14-17(5-2)13(18)10(8)16(12)3/h7H,4-6H2,1-3H3. The molecule has 0 atom stereocenters. The monoisotopic (exact) mass is 276 g/mol. The molecule has 3 aromatic rings. The van der Waals surface area contributed by atoms with Gasteiger partial charge in [0.05, 0.1) is 15.9 Å². The van der Waals surface area contributed by atoms with Crippen molar-refractivity contribution in [3.63, 3.8) is 0 Å². The van der Waals surface area contributed by atoms with E-state index in [1.807, 2.05) is 18.5 Å². The highest BCUT2D eigenvalue weighted by molar-refractivity contribution is 7.19. The van der Waals surface area contributed by atoms with E-state index in [0.717, 1.165) is 33.6 Å². The van der Waals surface area contributed by atoms with Crippen LogP contribution in [0, 0.1) is 0 Å². The highest BCUT2D eigenvalue weighted by atomic mass is 32.1. The first-order valence-corrected chi connectivity index (χ1v) is 7.32. The second-order valence-corrected chi connectivity index (χ2v) is 5.68. The van der Waals surface area contributed by atoms with E-state index in [1.165, 1.54) is 4.68 Å². The van der Waals surface area contributed by atoms with Crippen LogP contribution in [-0.2, 0) is 20.0 Å². The van der Waals surface area contributed by atoms with Gasteiger partial charge >= 0.3 is 0 Å². The van der Waals surface area contributed by atoms with E-state index in [-0.39, 0.29) is 5.56 Å². The Morgan fingerprint density at radius 1 is 1.37 bits per heavy atom. The first-order chi connectivity index (χ1) is 9.17. The van der Waals surface area contributed by atoms with Crippen LogP contribution in [0.1, 0.15) is 25.3 Å². The van der Waals surface area contributed by atoms with E-state index >= 15 is 0 Å². The molecule has 0 N–H and O–H groups in total. The molecular weight excluding hydrogens is 260 g/mol. The third-order valence-corrected chi connectivity index (χ3v) is 4.47. The Kier molecular flexibility index (Phi) is 2.89. The maximum Gasteiger partial charge on any atom is 0.291 e. The first kappa shape index (κ1) is 12.3. The lowest BCUT2D eigenvalue weighted by Gasteiger charge is -2.01. The summed E-state index contributed by atoms with van der Waals surface area (Å²) in [7, 11) is 1.90. The number of aryl methyl sites for hydroxylation is 3. The predicted molar refractivity (Wildman–Crippen MR) is 77.8 cm³/mol. The summed E-state index contributed by atoms with van der Waals surface area (Å²) < 4.78 is 4.46. The lowest BCUT2D eigenvalue weighted by atomic mass is 10.3. The van der Waals surface area contributed by atoms with Crippen LogP contribution in [0.4, 0.5) is 0 Å². The number of rotatable bonds is 3. The average Bonchev–Trinajstić information content (AvgIpc) is 2.91. The molecule has 0 aliphatic carbocycles.